The van der Waals surface area contributed by atoms with Gasteiger partial charge in [0.2, 0.25) is 0 Å². The van der Waals surface area contributed by atoms with Gasteiger partial charge in [-0.3, -0.25) is 0 Å². The molecule has 0 amide bonds. The standard InChI is InChI=1S/C8H14O5S/c1-3-13-7(9)8(10)4-5-14(11,12)6(8)2/h6,10H,3-5H2,1-2H3. The van der Waals surface area contributed by atoms with Crippen molar-refractivity contribution in [1.82, 2.24) is 0 Å². The largest absolute Gasteiger partial charge is 0.464 e. The Kier molecular flexibility index (Phi) is 2.87. The van der Waals surface area contributed by atoms with Crippen molar-refractivity contribution in [2.75, 3.05) is 12.4 Å². The summed E-state index contributed by atoms with van der Waals surface area (Å²) in [5.74, 6) is -1.00. The topological polar surface area (TPSA) is 80.7 Å². The molecule has 0 aromatic carbocycles. The Morgan fingerprint density at radius 1 is 1.64 bits per heavy atom. The second-order valence-electron chi connectivity index (χ2n) is 3.40. The minimum absolute atomic E-state index is 0.0741. The highest BCUT2D eigenvalue weighted by atomic mass is 32.2. The molecule has 1 N–H and O–H groups in total. The predicted molar refractivity (Wildman–Crippen MR) is 49.4 cm³/mol. The van der Waals surface area contributed by atoms with E-state index in [2.05, 4.69) is 4.74 Å². The molecule has 1 fully saturated rings. The third kappa shape index (κ3) is 1.64. The Bertz CT molecular complexity index is 334. The van der Waals surface area contributed by atoms with Crippen LogP contribution in [0.15, 0.2) is 0 Å². The third-order valence-electron chi connectivity index (χ3n) is 2.61. The molecule has 0 bridgehead atoms. The van der Waals surface area contributed by atoms with Crippen molar-refractivity contribution in [1.29, 1.82) is 0 Å². The Morgan fingerprint density at radius 2 is 2.21 bits per heavy atom. The summed E-state index contributed by atoms with van der Waals surface area (Å²) in [6, 6.07) is 0. The molecule has 82 valence electrons. The van der Waals surface area contributed by atoms with E-state index in [4.69, 9.17) is 0 Å². The Labute approximate surface area is 83.0 Å². The van der Waals surface area contributed by atoms with Crippen molar-refractivity contribution in [3.8, 4) is 0 Å². The third-order valence-corrected chi connectivity index (χ3v) is 4.85. The van der Waals surface area contributed by atoms with Crippen LogP contribution in [0.3, 0.4) is 0 Å². The van der Waals surface area contributed by atoms with Crippen molar-refractivity contribution in [3.05, 3.63) is 0 Å². The smallest absolute Gasteiger partial charge is 0.339 e. The van der Waals surface area contributed by atoms with Gasteiger partial charge in [0.05, 0.1) is 17.6 Å². The number of ether oxygens (including phenoxy) is 1. The minimum atomic E-state index is -3.35. The highest BCUT2D eigenvalue weighted by Crippen LogP contribution is 2.31. The summed E-state index contributed by atoms with van der Waals surface area (Å²) in [4.78, 5) is 11.3. The Balaban J connectivity index is 2.93. The lowest BCUT2D eigenvalue weighted by atomic mass is 9.98. The molecule has 0 aromatic rings. The van der Waals surface area contributed by atoms with Crippen LogP contribution in [0.2, 0.25) is 0 Å². The molecule has 0 aliphatic carbocycles. The highest BCUT2D eigenvalue weighted by molar-refractivity contribution is 7.92. The lowest BCUT2D eigenvalue weighted by Gasteiger charge is -2.23. The first-order valence-corrected chi connectivity index (χ1v) is 6.17. The van der Waals surface area contributed by atoms with Crippen LogP contribution >= 0.6 is 0 Å². The monoisotopic (exact) mass is 222 g/mol. The van der Waals surface area contributed by atoms with Gasteiger partial charge in [-0.2, -0.15) is 0 Å². The summed E-state index contributed by atoms with van der Waals surface area (Å²) in [5, 5.41) is 8.77. The number of carbonyl (C=O) groups is 1. The molecule has 0 spiro atoms. The van der Waals surface area contributed by atoms with Crippen LogP contribution in [0.1, 0.15) is 20.3 Å². The highest BCUT2D eigenvalue weighted by Gasteiger charge is 2.54. The van der Waals surface area contributed by atoms with Crippen LogP contribution in [0.4, 0.5) is 0 Å². The van der Waals surface area contributed by atoms with Gasteiger partial charge in [-0.15, -0.1) is 0 Å². The molecule has 0 radical (unpaired) electrons. The van der Waals surface area contributed by atoms with E-state index in [0.717, 1.165) is 0 Å². The molecule has 2 atom stereocenters. The Morgan fingerprint density at radius 3 is 2.57 bits per heavy atom. The van der Waals surface area contributed by atoms with Gasteiger partial charge in [0, 0.05) is 6.42 Å². The summed E-state index contributed by atoms with van der Waals surface area (Å²) in [5.41, 5.74) is -1.85. The Hall–Kier alpha value is -0.620. The maximum absolute atomic E-state index is 11.3. The average molecular weight is 222 g/mol. The summed E-state index contributed by atoms with van der Waals surface area (Å²) in [6.07, 6.45) is -0.0741. The number of carbonyl (C=O) groups excluding carboxylic acids is 1. The fraction of sp³-hybridized carbons (Fsp3) is 0.875. The molecule has 5 nitrogen and oxygen atoms in total. The first-order valence-electron chi connectivity index (χ1n) is 4.45. The number of esters is 1. The van der Waals surface area contributed by atoms with Gasteiger partial charge in [0.15, 0.2) is 15.4 Å². The van der Waals surface area contributed by atoms with E-state index < -0.39 is 26.7 Å². The van der Waals surface area contributed by atoms with E-state index in [1.165, 1.54) is 6.92 Å². The van der Waals surface area contributed by atoms with Gasteiger partial charge in [-0.05, 0) is 13.8 Å². The van der Waals surface area contributed by atoms with Crippen molar-refractivity contribution < 1.29 is 23.1 Å². The number of hydrogen-bond acceptors (Lipinski definition) is 5. The van der Waals surface area contributed by atoms with E-state index in [0.29, 0.717) is 0 Å². The molecule has 1 aliphatic rings. The molecule has 6 heteroatoms. The molecular weight excluding hydrogens is 208 g/mol. The van der Waals surface area contributed by atoms with Crippen LogP contribution < -0.4 is 0 Å². The molecule has 1 rings (SSSR count). The first kappa shape index (κ1) is 11.5. The number of hydrogen-bond donors (Lipinski definition) is 1. The summed E-state index contributed by atoms with van der Waals surface area (Å²) < 4.78 is 27.3. The molecule has 0 aromatic heterocycles. The molecule has 1 aliphatic heterocycles. The molecular formula is C8H14O5S. The predicted octanol–water partition coefficient (Wildman–Crippen LogP) is -0.512. The molecule has 1 saturated heterocycles. The molecule has 0 saturated carbocycles. The zero-order chi connectivity index (χ0) is 11.0. The number of sulfone groups is 1. The molecule has 14 heavy (non-hydrogen) atoms. The molecule has 1 heterocycles. The van der Waals surface area contributed by atoms with Crippen molar-refractivity contribution in [2.24, 2.45) is 0 Å². The normalized spacial score (nSPS) is 35.5. The number of rotatable bonds is 2. The summed E-state index contributed by atoms with van der Waals surface area (Å²) in [6.45, 7) is 3.07. The van der Waals surface area contributed by atoms with Crippen molar-refractivity contribution in [2.45, 2.75) is 31.1 Å². The fourth-order valence-electron chi connectivity index (χ4n) is 1.50. The molecule has 2 unspecified atom stereocenters. The number of aliphatic hydroxyl groups is 1. The van der Waals surface area contributed by atoms with E-state index in [1.54, 1.807) is 6.92 Å². The zero-order valence-electron chi connectivity index (χ0n) is 8.19. The van der Waals surface area contributed by atoms with E-state index in [-0.39, 0.29) is 18.8 Å². The van der Waals surface area contributed by atoms with Gasteiger partial charge in [0.25, 0.3) is 0 Å². The minimum Gasteiger partial charge on any atom is -0.464 e. The first-order chi connectivity index (χ1) is 6.34. The van der Waals surface area contributed by atoms with Gasteiger partial charge in [-0.25, -0.2) is 13.2 Å². The van der Waals surface area contributed by atoms with Gasteiger partial charge in [0.1, 0.15) is 0 Å². The van der Waals surface area contributed by atoms with Gasteiger partial charge in [-0.1, -0.05) is 0 Å². The van der Waals surface area contributed by atoms with Crippen LogP contribution in [-0.2, 0) is 19.4 Å². The van der Waals surface area contributed by atoms with Gasteiger partial charge < -0.3 is 9.84 Å². The summed E-state index contributed by atoms with van der Waals surface area (Å²) in [7, 11) is -3.35. The lowest BCUT2D eigenvalue weighted by Crippen LogP contribution is -2.47. The zero-order valence-corrected chi connectivity index (χ0v) is 9.00. The van der Waals surface area contributed by atoms with Gasteiger partial charge >= 0.3 is 5.97 Å². The second-order valence-corrected chi connectivity index (χ2v) is 5.85. The summed E-state index contributed by atoms with van der Waals surface area (Å²) >= 11 is 0. The van der Waals surface area contributed by atoms with Crippen LogP contribution in [0.5, 0.6) is 0 Å². The van der Waals surface area contributed by atoms with Crippen LogP contribution in [0, 0.1) is 0 Å². The quantitative estimate of drug-likeness (QED) is 0.636. The lowest BCUT2D eigenvalue weighted by molar-refractivity contribution is -0.164. The van der Waals surface area contributed by atoms with Crippen LogP contribution in [-0.4, -0.2) is 42.7 Å². The fourth-order valence-corrected chi connectivity index (χ4v) is 3.26. The van der Waals surface area contributed by atoms with E-state index in [9.17, 15) is 18.3 Å². The second kappa shape index (κ2) is 3.51. The average Bonchev–Trinajstić information content (AvgIpc) is 2.32. The SMILES string of the molecule is CCOC(=O)C1(O)CCS(=O)(=O)C1C. The van der Waals surface area contributed by atoms with E-state index >= 15 is 0 Å². The van der Waals surface area contributed by atoms with Crippen LogP contribution in [0.25, 0.3) is 0 Å². The maximum Gasteiger partial charge on any atom is 0.339 e. The van der Waals surface area contributed by atoms with Crippen molar-refractivity contribution in [3.63, 3.8) is 0 Å². The van der Waals surface area contributed by atoms with Crippen molar-refractivity contribution >= 4 is 15.8 Å². The van der Waals surface area contributed by atoms with E-state index in [1.807, 2.05) is 0 Å². The maximum atomic E-state index is 11.3.